The van der Waals surface area contributed by atoms with Gasteiger partial charge in [0.15, 0.2) is 0 Å². The van der Waals surface area contributed by atoms with E-state index in [0.717, 1.165) is 18.5 Å². The predicted octanol–water partition coefficient (Wildman–Crippen LogP) is 1.29. The van der Waals surface area contributed by atoms with E-state index in [2.05, 4.69) is 6.92 Å². The van der Waals surface area contributed by atoms with Gasteiger partial charge >= 0.3 is 0 Å². The molecule has 2 N–H and O–H groups in total. The molecule has 1 aromatic rings. The van der Waals surface area contributed by atoms with Crippen molar-refractivity contribution in [3.8, 4) is 0 Å². The van der Waals surface area contributed by atoms with Gasteiger partial charge in [-0.1, -0.05) is 6.92 Å². The summed E-state index contributed by atoms with van der Waals surface area (Å²) in [4.78, 5) is 0.358. The maximum atomic E-state index is 12.7. The Balaban J connectivity index is 2.35. The van der Waals surface area contributed by atoms with Crippen molar-refractivity contribution in [2.45, 2.75) is 44.2 Å². The first-order chi connectivity index (χ1) is 8.87. The molecular formula is C13H23N3O2S. The molecule has 0 bridgehead atoms. The summed E-state index contributed by atoms with van der Waals surface area (Å²) < 4.78 is 28.8. The minimum Gasteiger partial charge on any atom is -0.352 e. The van der Waals surface area contributed by atoms with Gasteiger partial charge in [0, 0.05) is 38.1 Å². The van der Waals surface area contributed by atoms with E-state index in [4.69, 9.17) is 5.73 Å². The van der Waals surface area contributed by atoms with Gasteiger partial charge < -0.3 is 10.3 Å². The van der Waals surface area contributed by atoms with Gasteiger partial charge in [-0.3, -0.25) is 0 Å². The minimum atomic E-state index is -3.40. The molecule has 2 rings (SSSR count). The highest BCUT2D eigenvalue weighted by atomic mass is 32.2. The molecule has 0 aliphatic carbocycles. The number of aromatic nitrogens is 1. The largest absolute Gasteiger partial charge is 0.352 e. The molecule has 1 saturated heterocycles. The number of hydrogen-bond acceptors (Lipinski definition) is 3. The van der Waals surface area contributed by atoms with Crippen LogP contribution in [0.25, 0.3) is 0 Å². The number of piperidine rings is 1. The van der Waals surface area contributed by atoms with Gasteiger partial charge in [-0.15, -0.1) is 0 Å². The maximum absolute atomic E-state index is 12.7. The molecule has 2 unspecified atom stereocenters. The Bertz CT molecular complexity index is 550. The molecule has 0 aromatic carbocycles. The summed E-state index contributed by atoms with van der Waals surface area (Å²) in [5.41, 5.74) is 6.44. The quantitative estimate of drug-likeness (QED) is 0.910. The van der Waals surface area contributed by atoms with E-state index in [0.29, 0.717) is 23.9 Å². The van der Waals surface area contributed by atoms with E-state index in [1.54, 1.807) is 21.1 Å². The lowest BCUT2D eigenvalue weighted by atomic mass is 9.94. The molecule has 0 radical (unpaired) electrons. The topological polar surface area (TPSA) is 68.3 Å². The number of aryl methyl sites for hydroxylation is 1. The van der Waals surface area contributed by atoms with Crippen molar-refractivity contribution >= 4 is 10.0 Å². The molecular weight excluding hydrogens is 262 g/mol. The van der Waals surface area contributed by atoms with Gasteiger partial charge in [-0.2, -0.15) is 4.31 Å². The summed E-state index contributed by atoms with van der Waals surface area (Å²) >= 11 is 0. The second-order valence-electron chi connectivity index (χ2n) is 5.46. The van der Waals surface area contributed by atoms with E-state index in [-0.39, 0.29) is 6.04 Å². The highest BCUT2D eigenvalue weighted by molar-refractivity contribution is 7.89. The smallest absolute Gasteiger partial charge is 0.244 e. The Morgan fingerprint density at radius 1 is 1.42 bits per heavy atom. The monoisotopic (exact) mass is 285 g/mol. The van der Waals surface area contributed by atoms with Crippen molar-refractivity contribution in [2.75, 3.05) is 6.54 Å². The minimum absolute atomic E-state index is 0.0558. The number of nitrogens with two attached hydrogens (primary N) is 1. The second kappa shape index (κ2) is 5.26. The van der Waals surface area contributed by atoms with E-state index in [1.807, 2.05) is 14.0 Å². The average Bonchev–Trinajstić information content (AvgIpc) is 2.74. The molecule has 108 valence electrons. The first-order valence-corrected chi connectivity index (χ1v) is 8.19. The summed E-state index contributed by atoms with van der Waals surface area (Å²) in [5.74, 6) is 0.404. The van der Waals surface area contributed by atoms with E-state index in [9.17, 15) is 8.42 Å². The van der Waals surface area contributed by atoms with Crippen LogP contribution < -0.4 is 5.73 Å². The van der Waals surface area contributed by atoms with Crippen LogP contribution in [0.4, 0.5) is 0 Å². The lowest BCUT2D eigenvalue weighted by molar-refractivity contribution is 0.202. The van der Waals surface area contributed by atoms with Gasteiger partial charge in [-0.25, -0.2) is 8.42 Å². The molecule has 2 atom stereocenters. The van der Waals surface area contributed by atoms with Crippen LogP contribution in [0.1, 0.15) is 32.4 Å². The van der Waals surface area contributed by atoms with Crippen molar-refractivity contribution in [1.82, 2.24) is 8.87 Å². The third-order valence-corrected chi connectivity index (χ3v) is 6.17. The first kappa shape index (κ1) is 14.6. The van der Waals surface area contributed by atoms with Crippen molar-refractivity contribution in [3.05, 3.63) is 18.0 Å². The van der Waals surface area contributed by atoms with Gasteiger partial charge in [-0.05, 0) is 31.7 Å². The van der Waals surface area contributed by atoms with Crippen LogP contribution in [0.15, 0.2) is 17.2 Å². The Morgan fingerprint density at radius 2 is 2.11 bits per heavy atom. The van der Waals surface area contributed by atoms with Crippen molar-refractivity contribution in [2.24, 2.45) is 18.7 Å². The molecule has 1 aliphatic rings. The SMILES string of the molecule is CC1CCCN(S(=O)(=O)c2cc(CN)n(C)c2)C1C. The number of hydrogen-bond donors (Lipinski definition) is 1. The molecule has 1 aromatic heterocycles. The predicted molar refractivity (Wildman–Crippen MR) is 75.1 cm³/mol. The third-order valence-electron chi connectivity index (χ3n) is 4.21. The van der Waals surface area contributed by atoms with Crippen LogP contribution in [0.3, 0.4) is 0 Å². The molecule has 0 amide bonds. The Morgan fingerprint density at radius 3 is 2.68 bits per heavy atom. The van der Waals surface area contributed by atoms with Gasteiger partial charge in [0.25, 0.3) is 0 Å². The molecule has 5 nitrogen and oxygen atoms in total. The zero-order chi connectivity index (χ0) is 14.2. The summed E-state index contributed by atoms with van der Waals surface area (Å²) in [6.07, 6.45) is 3.68. The van der Waals surface area contributed by atoms with Crippen LogP contribution in [0, 0.1) is 5.92 Å². The lowest BCUT2D eigenvalue weighted by Crippen LogP contribution is -2.45. The number of nitrogens with zero attached hydrogens (tertiary/aromatic N) is 2. The van der Waals surface area contributed by atoms with E-state index >= 15 is 0 Å². The summed E-state index contributed by atoms with van der Waals surface area (Å²) in [7, 11) is -1.58. The van der Waals surface area contributed by atoms with Crippen LogP contribution in [-0.2, 0) is 23.6 Å². The summed E-state index contributed by atoms with van der Waals surface area (Å²) in [6, 6.07) is 1.74. The Kier molecular flexibility index (Phi) is 4.03. The third kappa shape index (κ3) is 2.57. The zero-order valence-electron chi connectivity index (χ0n) is 11.8. The highest BCUT2D eigenvalue weighted by Crippen LogP contribution is 2.29. The Hall–Kier alpha value is -0.850. The molecule has 2 heterocycles. The number of sulfonamides is 1. The average molecular weight is 285 g/mol. The van der Waals surface area contributed by atoms with Crippen molar-refractivity contribution in [3.63, 3.8) is 0 Å². The molecule has 1 fully saturated rings. The molecule has 6 heteroatoms. The molecule has 1 aliphatic heterocycles. The fraction of sp³-hybridized carbons (Fsp3) is 0.692. The standard InChI is InChI=1S/C13H23N3O2S/c1-10-5-4-6-16(11(10)2)19(17,18)13-7-12(8-14)15(3)9-13/h7,9-11H,4-6,8,14H2,1-3H3. The molecule has 19 heavy (non-hydrogen) atoms. The van der Waals surface area contributed by atoms with E-state index in [1.165, 1.54) is 0 Å². The first-order valence-electron chi connectivity index (χ1n) is 6.75. The van der Waals surface area contributed by atoms with Crippen LogP contribution >= 0.6 is 0 Å². The van der Waals surface area contributed by atoms with Crippen molar-refractivity contribution in [1.29, 1.82) is 0 Å². The zero-order valence-corrected chi connectivity index (χ0v) is 12.7. The fourth-order valence-corrected chi connectivity index (χ4v) is 4.56. The van der Waals surface area contributed by atoms with Crippen LogP contribution in [0.2, 0.25) is 0 Å². The van der Waals surface area contributed by atoms with Crippen molar-refractivity contribution < 1.29 is 8.42 Å². The van der Waals surface area contributed by atoms with Gasteiger partial charge in [0.2, 0.25) is 10.0 Å². The normalized spacial score (nSPS) is 25.7. The summed E-state index contributed by atoms with van der Waals surface area (Å²) in [6.45, 7) is 5.06. The number of rotatable bonds is 3. The fourth-order valence-electron chi connectivity index (χ4n) is 2.69. The Labute approximate surface area is 115 Å². The lowest BCUT2D eigenvalue weighted by Gasteiger charge is -2.36. The van der Waals surface area contributed by atoms with Crippen LogP contribution in [-0.4, -0.2) is 29.9 Å². The highest BCUT2D eigenvalue weighted by Gasteiger charge is 2.35. The van der Waals surface area contributed by atoms with Gasteiger partial charge in [0.05, 0.1) is 0 Å². The second-order valence-corrected chi connectivity index (χ2v) is 7.35. The molecule has 0 saturated carbocycles. The molecule has 0 spiro atoms. The van der Waals surface area contributed by atoms with Gasteiger partial charge in [0.1, 0.15) is 4.90 Å². The maximum Gasteiger partial charge on any atom is 0.244 e. The van der Waals surface area contributed by atoms with Crippen LogP contribution in [0.5, 0.6) is 0 Å². The summed E-state index contributed by atoms with van der Waals surface area (Å²) in [5, 5.41) is 0. The van der Waals surface area contributed by atoms with E-state index < -0.39 is 10.0 Å².